The first kappa shape index (κ1) is 21.4. The molecule has 0 radical (unpaired) electrons. The van der Waals surface area contributed by atoms with E-state index in [0.717, 1.165) is 24.4 Å². The van der Waals surface area contributed by atoms with Crippen LogP contribution in [0.3, 0.4) is 0 Å². The number of carbonyl (C=O) groups excluding carboxylic acids is 1. The van der Waals surface area contributed by atoms with Gasteiger partial charge in [-0.15, -0.1) is 0 Å². The minimum absolute atomic E-state index is 0.139. The molecule has 0 aromatic heterocycles. The Morgan fingerprint density at radius 1 is 1.18 bits per heavy atom. The van der Waals surface area contributed by atoms with Crippen molar-refractivity contribution in [3.63, 3.8) is 0 Å². The molecule has 1 saturated heterocycles. The van der Waals surface area contributed by atoms with E-state index in [1.165, 1.54) is 5.56 Å². The Morgan fingerprint density at radius 2 is 1.96 bits per heavy atom. The lowest BCUT2D eigenvalue weighted by atomic mass is 10.0. The number of esters is 1. The monoisotopic (exact) mass is 512 g/mol. The summed E-state index contributed by atoms with van der Waals surface area (Å²) in [5.74, 6) is 0.596. The van der Waals surface area contributed by atoms with E-state index in [9.17, 15) is 4.79 Å². The molecular formula is C21H25IN2O3S. The van der Waals surface area contributed by atoms with Crippen LogP contribution in [0, 0.1) is 0 Å². The highest BCUT2D eigenvalue weighted by molar-refractivity contribution is 14.2. The third-order valence-corrected chi connectivity index (χ3v) is 7.13. The van der Waals surface area contributed by atoms with Crippen molar-refractivity contribution in [2.75, 3.05) is 27.2 Å². The van der Waals surface area contributed by atoms with E-state index < -0.39 is 0 Å². The first-order valence-corrected chi connectivity index (χ1v) is 12.5. The molecule has 1 aliphatic heterocycles. The van der Waals surface area contributed by atoms with Crippen LogP contribution >= 0.6 is 30.3 Å². The van der Waals surface area contributed by atoms with Crippen LogP contribution in [-0.4, -0.2) is 48.5 Å². The molecule has 0 aliphatic carbocycles. The minimum atomic E-state index is -0.170. The van der Waals surface area contributed by atoms with Crippen LogP contribution in [0.25, 0.3) is 0 Å². The first-order valence-electron chi connectivity index (χ1n) is 9.19. The third kappa shape index (κ3) is 5.62. The lowest BCUT2D eigenvalue weighted by Gasteiger charge is -2.43. The lowest BCUT2D eigenvalue weighted by molar-refractivity contribution is -0.146. The zero-order valence-corrected chi connectivity index (χ0v) is 19.1. The molecule has 0 unspecified atom stereocenters. The van der Waals surface area contributed by atoms with Crippen LogP contribution in [0.2, 0.25) is 0 Å². The van der Waals surface area contributed by atoms with Gasteiger partial charge in [0, 0.05) is 40.3 Å². The summed E-state index contributed by atoms with van der Waals surface area (Å²) in [4.78, 5) is 14.7. The third-order valence-electron chi connectivity index (χ3n) is 5.03. The van der Waals surface area contributed by atoms with Gasteiger partial charge in [-0.2, -0.15) is 0 Å². The molecule has 7 heteroatoms. The molecule has 0 N–H and O–H groups in total. The lowest BCUT2D eigenvalue weighted by Crippen LogP contribution is -2.51. The molecule has 1 aliphatic rings. The van der Waals surface area contributed by atoms with Gasteiger partial charge in [-0.05, 0) is 39.4 Å². The number of piperazine rings is 1. The second kappa shape index (κ2) is 10.5. The Bertz CT molecular complexity index is 777. The van der Waals surface area contributed by atoms with Gasteiger partial charge in [0.15, 0.2) is 0 Å². The van der Waals surface area contributed by atoms with Gasteiger partial charge >= 0.3 is 5.97 Å². The van der Waals surface area contributed by atoms with Gasteiger partial charge in [-0.3, -0.25) is 9.69 Å². The Hall–Kier alpha value is -1.29. The number of carbonyl (C=O) groups is 1. The first-order chi connectivity index (χ1) is 13.6. The summed E-state index contributed by atoms with van der Waals surface area (Å²) in [5.41, 5.74) is 2.23. The van der Waals surface area contributed by atoms with Crippen molar-refractivity contribution in [1.82, 2.24) is 9.21 Å². The average Bonchev–Trinajstić information content (AvgIpc) is 2.74. The molecule has 1 heterocycles. The van der Waals surface area contributed by atoms with E-state index in [2.05, 4.69) is 61.7 Å². The maximum absolute atomic E-state index is 12.4. The molecular weight excluding hydrogens is 487 g/mol. The quantitative estimate of drug-likeness (QED) is 0.310. The maximum atomic E-state index is 12.4. The van der Waals surface area contributed by atoms with Crippen molar-refractivity contribution < 1.29 is 14.3 Å². The van der Waals surface area contributed by atoms with Crippen molar-refractivity contribution in [2.24, 2.45) is 0 Å². The number of benzene rings is 2. The molecule has 0 saturated carbocycles. The van der Waals surface area contributed by atoms with E-state index >= 15 is 0 Å². The summed E-state index contributed by atoms with van der Waals surface area (Å²) in [6.45, 7) is 1.97. The van der Waals surface area contributed by atoms with Gasteiger partial charge in [0.1, 0.15) is 12.4 Å². The van der Waals surface area contributed by atoms with Crippen molar-refractivity contribution >= 4 is 36.3 Å². The van der Waals surface area contributed by atoms with E-state index in [1.54, 1.807) is 16.2 Å². The van der Waals surface area contributed by atoms with Gasteiger partial charge in [0.2, 0.25) is 0 Å². The highest BCUT2D eigenvalue weighted by atomic mass is 127. The van der Waals surface area contributed by atoms with Crippen molar-refractivity contribution in [3.8, 4) is 5.75 Å². The highest BCUT2D eigenvalue weighted by Gasteiger charge is 2.34. The highest BCUT2D eigenvalue weighted by Crippen LogP contribution is 2.36. The fourth-order valence-corrected chi connectivity index (χ4v) is 5.23. The zero-order valence-electron chi connectivity index (χ0n) is 16.1. The topological polar surface area (TPSA) is 42.0 Å². The summed E-state index contributed by atoms with van der Waals surface area (Å²) in [6, 6.07) is 18.6. The van der Waals surface area contributed by atoms with Crippen molar-refractivity contribution in [2.45, 2.75) is 25.1 Å². The predicted octanol–water partition coefficient (Wildman–Crippen LogP) is 4.48. The normalized spacial score (nSPS) is 20.7. The standard InChI is InChI=1S/C21H25IN2O3S/c1-23-14-20(17-8-4-3-5-9-17)24(28-22)13-18(23)12-21(25)27-15-16-7-6-10-19(11-16)26-2/h3-11,18,20H,12-15H2,1-2H3/t18-,20+/m0/s1. The molecule has 0 spiro atoms. The number of nitrogens with zero attached hydrogens (tertiary/aromatic N) is 2. The van der Waals surface area contributed by atoms with Gasteiger partial charge in [0.05, 0.1) is 19.6 Å². The molecule has 1 fully saturated rings. The van der Waals surface area contributed by atoms with E-state index in [0.29, 0.717) is 12.5 Å². The zero-order chi connectivity index (χ0) is 19.9. The van der Waals surface area contributed by atoms with E-state index in [4.69, 9.17) is 9.47 Å². The summed E-state index contributed by atoms with van der Waals surface area (Å²) in [6.07, 6.45) is 0.385. The predicted molar refractivity (Wildman–Crippen MR) is 121 cm³/mol. The van der Waals surface area contributed by atoms with Crippen LogP contribution < -0.4 is 4.74 Å². The number of ether oxygens (including phenoxy) is 2. The molecule has 2 atom stereocenters. The summed E-state index contributed by atoms with van der Waals surface area (Å²) >= 11 is 2.33. The van der Waals surface area contributed by atoms with Crippen LogP contribution in [0.4, 0.5) is 0 Å². The number of halogens is 1. The molecule has 0 bridgehead atoms. The fraction of sp³-hybridized carbons (Fsp3) is 0.381. The number of likely N-dealkylation sites (N-methyl/N-ethyl adjacent to an activating group) is 1. The summed E-state index contributed by atoms with van der Waals surface area (Å²) < 4.78 is 13.1. The summed E-state index contributed by atoms with van der Waals surface area (Å²) in [7, 11) is 5.42. The van der Waals surface area contributed by atoms with Crippen LogP contribution in [-0.2, 0) is 16.1 Å². The number of hydrogen-bond acceptors (Lipinski definition) is 6. The SMILES string of the molecule is COc1cccc(COC(=O)C[C@H]2CN(SI)[C@@H](c3ccccc3)CN2C)c1. The van der Waals surface area contributed by atoms with Crippen LogP contribution in [0.15, 0.2) is 54.6 Å². The van der Waals surface area contributed by atoms with Crippen molar-refractivity contribution in [3.05, 3.63) is 65.7 Å². The molecule has 2 aromatic rings. The Morgan fingerprint density at radius 3 is 2.68 bits per heavy atom. The second-order valence-corrected chi connectivity index (χ2v) is 8.69. The second-order valence-electron chi connectivity index (χ2n) is 6.90. The van der Waals surface area contributed by atoms with Crippen molar-refractivity contribution in [1.29, 1.82) is 0 Å². The number of rotatable bonds is 7. The molecule has 28 heavy (non-hydrogen) atoms. The van der Waals surface area contributed by atoms with Crippen LogP contribution in [0.5, 0.6) is 5.75 Å². The van der Waals surface area contributed by atoms with E-state index in [-0.39, 0.29) is 18.6 Å². The molecule has 3 rings (SSSR count). The molecule has 5 nitrogen and oxygen atoms in total. The average molecular weight is 512 g/mol. The summed E-state index contributed by atoms with van der Waals surface area (Å²) in [5, 5.41) is 0. The largest absolute Gasteiger partial charge is 0.497 e. The van der Waals surface area contributed by atoms with Gasteiger partial charge in [0.25, 0.3) is 0 Å². The fourth-order valence-electron chi connectivity index (χ4n) is 3.41. The number of hydrogen-bond donors (Lipinski definition) is 0. The Balaban J connectivity index is 1.56. The minimum Gasteiger partial charge on any atom is -0.497 e. The van der Waals surface area contributed by atoms with Gasteiger partial charge < -0.3 is 9.47 Å². The van der Waals surface area contributed by atoms with E-state index in [1.807, 2.05) is 30.3 Å². The molecule has 150 valence electrons. The maximum Gasteiger partial charge on any atom is 0.307 e. The molecule has 0 amide bonds. The van der Waals surface area contributed by atoms with Gasteiger partial charge in [-0.1, -0.05) is 42.5 Å². The molecule has 2 aromatic carbocycles. The Labute approximate surface area is 183 Å². The number of methoxy groups -OCH3 is 1. The Kier molecular flexibility index (Phi) is 8.01. The van der Waals surface area contributed by atoms with Crippen LogP contribution in [0.1, 0.15) is 23.6 Å². The van der Waals surface area contributed by atoms with Gasteiger partial charge in [-0.25, -0.2) is 4.31 Å². The smallest absolute Gasteiger partial charge is 0.307 e.